The standard InChI is InChI=1S/C14H17F3N2O2/c1-8(2)13(21)19-11(12(18)20)7-9-3-5-10(6-4-9)14(15,16)17/h3-6,8,11H,7H2,1-2H3,(H2,18,20)(H,19,21)/t11-/m0/s1. The molecular formula is C14H17F3N2O2. The van der Waals surface area contributed by atoms with Gasteiger partial charge in [0.1, 0.15) is 6.04 Å². The Balaban J connectivity index is 2.81. The van der Waals surface area contributed by atoms with Crippen molar-refractivity contribution in [2.45, 2.75) is 32.5 Å². The number of halogens is 3. The zero-order valence-electron chi connectivity index (χ0n) is 11.7. The van der Waals surface area contributed by atoms with Crippen molar-refractivity contribution in [3.05, 3.63) is 35.4 Å². The monoisotopic (exact) mass is 302 g/mol. The molecule has 0 bridgehead atoms. The van der Waals surface area contributed by atoms with Crippen LogP contribution in [0.15, 0.2) is 24.3 Å². The van der Waals surface area contributed by atoms with Crippen LogP contribution in [0, 0.1) is 5.92 Å². The molecule has 1 aromatic carbocycles. The number of amides is 2. The first kappa shape index (κ1) is 17.0. The molecule has 0 aliphatic rings. The molecule has 4 nitrogen and oxygen atoms in total. The Hall–Kier alpha value is -2.05. The zero-order chi connectivity index (χ0) is 16.2. The van der Waals surface area contributed by atoms with Crippen molar-refractivity contribution in [1.29, 1.82) is 0 Å². The number of hydrogen-bond acceptors (Lipinski definition) is 2. The molecule has 1 rings (SSSR count). The molecule has 2 amide bonds. The summed E-state index contributed by atoms with van der Waals surface area (Å²) < 4.78 is 37.3. The maximum absolute atomic E-state index is 12.4. The van der Waals surface area contributed by atoms with Gasteiger partial charge in [0.05, 0.1) is 5.56 Å². The molecule has 1 aromatic rings. The maximum Gasteiger partial charge on any atom is 0.416 e. The van der Waals surface area contributed by atoms with Crippen LogP contribution in [0.25, 0.3) is 0 Å². The lowest BCUT2D eigenvalue weighted by molar-refractivity contribution is -0.137. The molecule has 0 fully saturated rings. The second kappa shape index (κ2) is 6.60. The molecule has 7 heteroatoms. The van der Waals surface area contributed by atoms with E-state index in [1.165, 1.54) is 12.1 Å². The molecule has 0 radical (unpaired) electrons. The number of nitrogens with one attached hydrogen (secondary N) is 1. The Labute approximate surface area is 120 Å². The largest absolute Gasteiger partial charge is 0.416 e. The van der Waals surface area contributed by atoms with Gasteiger partial charge in [0.25, 0.3) is 0 Å². The summed E-state index contributed by atoms with van der Waals surface area (Å²) in [6.45, 7) is 3.32. The van der Waals surface area contributed by atoms with Gasteiger partial charge in [-0.15, -0.1) is 0 Å². The Bertz CT molecular complexity index is 510. The Morgan fingerprint density at radius 1 is 1.19 bits per heavy atom. The van der Waals surface area contributed by atoms with E-state index in [4.69, 9.17) is 5.73 Å². The SMILES string of the molecule is CC(C)C(=O)N[C@@H](Cc1ccc(C(F)(F)F)cc1)C(N)=O. The third-order valence-electron chi connectivity index (χ3n) is 2.91. The van der Waals surface area contributed by atoms with Crippen LogP contribution in [0.3, 0.4) is 0 Å². The molecule has 1 atom stereocenters. The maximum atomic E-state index is 12.4. The fourth-order valence-electron chi connectivity index (χ4n) is 1.63. The second-order valence-corrected chi connectivity index (χ2v) is 5.02. The van der Waals surface area contributed by atoms with Crippen molar-refractivity contribution in [2.75, 3.05) is 0 Å². The number of carbonyl (C=O) groups is 2. The number of primary amides is 1. The van der Waals surface area contributed by atoms with Gasteiger partial charge >= 0.3 is 6.18 Å². The van der Waals surface area contributed by atoms with Gasteiger partial charge in [-0.05, 0) is 17.7 Å². The highest BCUT2D eigenvalue weighted by Crippen LogP contribution is 2.29. The number of hydrogen-bond donors (Lipinski definition) is 2. The van der Waals surface area contributed by atoms with E-state index in [9.17, 15) is 22.8 Å². The van der Waals surface area contributed by atoms with Crippen molar-refractivity contribution < 1.29 is 22.8 Å². The molecule has 0 saturated heterocycles. The fourth-order valence-corrected chi connectivity index (χ4v) is 1.63. The quantitative estimate of drug-likeness (QED) is 0.871. The molecule has 0 unspecified atom stereocenters. The predicted molar refractivity (Wildman–Crippen MR) is 71.1 cm³/mol. The topological polar surface area (TPSA) is 72.2 Å². The van der Waals surface area contributed by atoms with E-state index in [-0.39, 0.29) is 18.2 Å². The Kier molecular flexibility index (Phi) is 5.34. The summed E-state index contributed by atoms with van der Waals surface area (Å²) >= 11 is 0. The van der Waals surface area contributed by atoms with Crippen LogP contribution in [0.1, 0.15) is 25.0 Å². The number of carbonyl (C=O) groups excluding carboxylic acids is 2. The number of rotatable bonds is 5. The van der Waals surface area contributed by atoms with Crippen molar-refractivity contribution in [2.24, 2.45) is 11.7 Å². The van der Waals surface area contributed by atoms with Gasteiger partial charge in [0.2, 0.25) is 11.8 Å². The van der Waals surface area contributed by atoms with Crippen LogP contribution in [-0.2, 0) is 22.2 Å². The Morgan fingerprint density at radius 2 is 1.71 bits per heavy atom. The number of alkyl halides is 3. The molecule has 116 valence electrons. The lowest BCUT2D eigenvalue weighted by Crippen LogP contribution is -2.47. The van der Waals surface area contributed by atoms with Crippen molar-refractivity contribution in [3.63, 3.8) is 0 Å². The molecule has 0 heterocycles. The normalized spacial score (nSPS) is 13.0. The first-order valence-electron chi connectivity index (χ1n) is 6.37. The van der Waals surface area contributed by atoms with Crippen molar-refractivity contribution in [1.82, 2.24) is 5.32 Å². The lowest BCUT2D eigenvalue weighted by Gasteiger charge is -2.17. The second-order valence-electron chi connectivity index (χ2n) is 5.02. The highest BCUT2D eigenvalue weighted by molar-refractivity contribution is 5.87. The average molecular weight is 302 g/mol. The summed E-state index contributed by atoms with van der Waals surface area (Å²) in [5.74, 6) is -1.39. The minimum absolute atomic E-state index is 0.0476. The van der Waals surface area contributed by atoms with Crippen LogP contribution in [0.4, 0.5) is 13.2 Å². The molecular weight excluding hydrogens is 285 g/mol. The van der Waals surface area contributed by atoms with Gasteiger partial charge in [-0.3, -0.25) is 9.59 Å². The Morgan fingerprint density at radius 3 is 2.10 bits per heavy atom. The molecule has 0 aliphatic carbocycles. The van der Waals surface area contributed by atoms with E-state index < -0.39 is 23.7 Å². The average Bonchev–Trinajstić information content (AvgIpc) is 2.37. The lowest BCUT2D eigenvalue weighted by atomic mass is 10.0. The van der Waals surface area contributed by atoms with Gasteiger partial charge < -0.3 is 11.1 Å². The first-order valence-corrected chi connectivity index (χ1v) is 6.37. The number of nitrogens with two attached hydrogens (primary N) is 1. The molecule has 21 heavy (non-hydrogen) atoms. The van der Waals surface area contributed by atoms with Gasteiger partial charge in [-0.1, -0.05) is 26.0 Å². The fraction of sp³-hybridized carbons (Fsp3) is 0.429. The van der Waals surface area contributed by atoms with Gasteiger partial charge in [0, 0.05) is 12.3 Å². The molecule has 0 aromatic heterocycles. The predicted octanol–water partition coefficient (Wildman–Crippen LogP) is 1.87. The van der Waals surface area contributed by atoms with Crippen LogP contribution in [-0.4, -0.2) is 17.9 Å². The van der Waals surface area contributed by atoms with E-state index >= 15 is 0 Å². The van der Waals surface area contributed by atoms with Crippen LogP contribution in [0.2, 0.25) is 0 Å². The van der Waals surface area contributed by atoms with Crippen LogP contribution >= 0.6 is 0 Å². The zero-order valence-corrected chi connectivity index (χ0v) is 11.7. The molecule has 0 aliphatic heterocycles. The highest BCUT2D eigenvalue weighted by atomic mass is 19.4. The van der Waals surface area contributed by atoms with E-state index in [1.54, 1.807) is 13.8 Å². The summed E-state index contributed by atoms with van der Waals surface area (Å²) in [5, 5.41) is 2.47. The van der Waals surface area contributed by atoms with Gasteiger partial charge in [0.15, 0.2) is 0 Å². The van der Waals surface area contributed by atoms with Gasteiger partial charge in [-0.2, -0.15) is 13.2 Å². The van der Waals surface area contributed by atoms with Crippen molar-refractivity contribution >= 4 is 11.8 Å². The van der Waals surface area contributed by atoms with Crippen LogP contribution in [0.5, 0.6) is 0 Å². The molecule has 3 N–H and O–H groups in total. The smallest absolute Gasteiger partial charge is 0.368 e. The summed E-state index contributed by atoms with van der Waals surface area (Å²) in [4.78, 5) is 22.9. The molecule has 0 saturated carbocycles. The summed E-state index contributed by atoms with van der Waals surface area (Å²) in [5.41, 5.74) is 4.91. The van der Waals surface area contributed by atoms with Crippen LogP contribution < -0.4 is 11.1 Å². The van der Waals surface area contributed by atoms with E-state index in [0.717, 1.165) is 12.1 Å². The van der Waals surface area contributed by atoms with E-state index in [2.05, 4.69) is 5.32 Å². The van der Waals surface area contributed by atoms with Crippen molar-refractivity contribution in [3.8, 4) is 0 Å². The first-order chi connectivity index (χ1) is 9.61. The number of benzene rings is 1. The molecule has 0 spiro atoms. The third-order valence-corrected chi connectivity index (χ3v) is 2.91. The third kappa shape index (κ3) is 5.09. The summed E-state index contributed by atoms with van der Waals surface area (Å²) in [6.07, 6.45) is -4.36. The minimum Gasteiger partial charge on any atom is -0.368 e. The van der Waals surface area contributed by atoms with E-state index in [1.807, 2.05) is 0 Å². The highest BCUT2D eigenvalue weighted by Gasteiger charge is 2.30. The van der Waals surface area contributed by atoms with E-state index in [0.29, 0.717) is 5.56 Å². The summed E-state index contributed by atoms with van der Waals surface area (Å²) in [7, 11) is 0. The summed E-state index contributed by atoms with van der Waals surface area (Å²) in [6, 6.07) is 3.44. The van der Waals surface area contributed by atoms with Gasteiger partial charge in [-0.25, -0.2) is 0 Å². The minimum atomic E-state index is -4.41.